The Morgan fingerprint density at radius 2 is 2.00 bits per heavy atom. The van der Waals surface area contributed by atoms with Gasteiger partial charge in [0, 0.05) is 19.6 Å². The number of hydrogen-bond acceptors (Lipinski definition) is 4. The maximum absolute atomic E-state index is 12.0. The predicted molar refractivity (Wildman–Crippen MR) is 76.8 cm³/mol. The molecule has 0 unspecified atom stereocenters. The number of nitrogens with zero attached hydrogens (tertiary/aromatic N) is 1. The molecule has 5 nitrogen and oxygen atoms in total. The molecule has 1 saturated heterocycles. The third kappa shape index (κ3) is 3.63. The maximum Gasteiger partial charge on any atom is 0.260 e. The highest BCUT2D eigenvalue weighted by molar-refractivity contribution is 5.78. The van der Waals surface area contributed by atoms with Crippen LogP contribution < -0.4 is 15.2 Å². The van der Waals surface area contributed by atoms with E-state index in [0.717, 1.165) is 31.5 Å². The van der Waals surface area contributed by atoms with E-state index in [0.29, 0.717) is 24.7 Å². The van der Waals surface area contributed by atoms with Crippen LogP contribution in [0, 0.1) is 0 Å². The molecular formula is C15H22N2O3. The molecule has 110 valence electrons. The molecule has 0 aromatic heterocycles. The molecule has 0 spiro atoms. The van der Waals surface area contributed by atoms with Crippen molar-refractivity contribution in [2.75, 3.05) is 26.3 Å². The second-order valence-corrected chi connectivity index (χ2v) is 4.79. The Morgan fingerprint density at radius 3 is 2.65 bits per heavy atom. The summed E-state index contributed by atoms with van der Waals surface area (Å²) in [4.78, 5) is 13.8. The third-order valence-corrected chi connectivity index (χ3v) is 3.35. The Hall–Kier alpha value is -1.75. The molecule has 1 aliphatic heterocycles. The van der Waals surface area contributed by atoms with Crippen LogP contribution in [-0.2, 0) is 11.3 Å². The summed E-state index contributed by atoms with van der Waals surface area (Å²) < 4.78 is 11.1. The zero-order chi connectivity index (χ0) is 14.4. The maximum atomic E-state index is 12.0. The lowest BCUT2D eigenvalue weighted by atomic mass is 10.2. The van der Waals surface area contributed by atoms with Crippen LogP contribution in [0.3, 0.4) is 0 Å². The van der Waals surface area contributed by atoms with Gasteiger partial charge in [0.2, 0.25) is 0 Å². The Kier molecular flexibility index (Phi) is 5.24. The van der Waals surface area contributed by atoms with Crippen LogP contribution in [-0.4, -0.2) is 37.1 Å². The van der Waals surface area contributed by atoms with Crippen molar-refractivity contribution in [3.63, 3.8) is 0 Å². The smallest absolute Gasteiger partial charge is 0.260 e. The van der Waals surface area contributed by atoms with E-state index >= 15 is 0 Å². The van der Waals surface area contributed by atoms with Gasteiger partial charge in [0.1, 0.15) is 0 Å². The van der Waals surface area contributed by atoms with Crippen molar-refractivity contribution in [2.45, 2.75) is 26.3 Å². The first-order valence-electron chi connectivity index (χ1n) is 7.11. The summed E-state index contributed by atoms with van der Waals surface area (Å²) in [6.07, 6.45) is 2.17. The monoisotopic (exact) mass is 278 g/mol. The van der Waals surface area contributed by atoms with Gasteiger partial charge in [-0.2, -0.15) is 0 Å². The number of carbonyl (C=O) groups is 1. The van der Waals surface area contributed by atoms with Crippen LogP contribution >= 0.6 is 0 Å². The van der Waals surface area contributed by atoms with E-state index in [4.69, 9.17) is 15.2 Å². The lowest BCUT2D eigenvalue weighted by Crippen LogP contribution is -2.32. The van der Waals surface area contributed by atoms with Crippen LogP contribution in [0.4, 0.5) is 0 Å². The largest absolute Gasteiger partial charge is 0.490 e. The van der Waals surface area contributed by atoms with Gasteiger partial charge in [-0.15, -0.1) is 0 Å². The fraction of sp³-hybridized carbons (Fsp3) is 0.533. The van der Waals surface area contributed by atoms with E-state index in [2.05, 4.69) is 0 Å². The number of hydrogen-bond donors (Lipinski definition) is 1. The van der Waals surface area contributed by atoms with Crippen LogP contribution in [0.5, 0.6) is 11.5 Å². The molecular weight excluding hydrogens is 256 g/mol. The zero-order valence-electron chi connectivity index (χ0n) is 11.9. The molecule has 1 fully saturated rings. The molecule has 2 N–H and O–H groups in total. The highest BCUT2D eigenvalue weighted by Gasteiger charge is 2.18. The standard InChI is InChI=1S/C15H22N2O3/c1-2-19-14-9-12(10-16)5-6-13(14)20-11-15(18)17-7-3-4-8-17/h5-6,9H,2-4,7-8,10-11,16H2,1H3. The lowest BCUT2D eigenvalue weighted by Gasteiger charge is -2.17. The highest BCUT2D eigenvalue weighted by atomic mass is 16.5. The van der Waals surface area contributed by atoms with Crippen molar-refractivity contribution in [2.24, 2.45) is 5.73 Å². The Balaban J connectivity index is 1.98. The van der Waals surface area contributed by atoms with Gasteiger partial charge in [-0.3, -0.25) is 4.79 Å². The second-order valence-electron chi connectivity index (χ2n) is 4.79. The Labute approximate surface area is 119 Å². The average Bonchev–Trinajstić information content (AvgIpc) is 3.00. The predicted octanol–water partition coefficient (Wildman–Crippen LogP) is 1.55. The van der Waals surface area contributed by atoms with Gasteiger partial charge in [-0.05, 0) is 37.5 Å². The molecule has 1 aromatic carbocycles. The number of carbonyl (C=O) groups excluding carboxylic acids is 1. The molecule has 0 radical (unpaired) electrons. The molecule has 2 rings (SSSR count). The van der Waals surface area contributed by atoms with Gasteiger partial charge >= 0.3 is 0 Å². The van der Waals surface area contributed by atoms with Crippen molar-refractivity contribution >= 4 is 5.91 Å². The van der Waals surface area contributed by atoms with E-state index in [9.17, 15) is 4.79 Å². The van der Waals surface area contributed by atoms with Crippen LogP contribution in [0.25, 0.3) is 0 Å². The van der Waals surface area contributed by atoms with Crippen LogP contribution in [0.1, 0.15) is 25.3 Å². The second kappa shape index (κ2) is 7.14. The lowest BCUT2D eigenvalue weighted by molar-refractivity contribution is -0.132. The topological polar surface area (TPSA) is 64.8 Å². The first-order chi connectivity index (χ1) is 9.74. The minimum Gasteiger partial charge on any atom is -0.490 e. The Morgan fingerprint density at radius 1 is 1.25 bits per heavy atom. The molecule has 0 saturated carbocycles. The summed E-state index contributed by atoms with van der Waals surface area (Å²) >= 11 is 0. The summed E-state index contributed by atoms with van der Waals surface area (Å²) in [6.45, 7) is 4.65. The summed E-state index contributed by atoms with van der Waals surface area (Å²) in [6, 6.07) is 5.56. The van der Waals surface area contributed by atoms with Crippen LogP contribution in [0.2, 0.25) is 0 Å². The van der Waals surface area contributed by atoms with E-state index in [-0.39, 0.29) is 12.5 Å². The van der Waals surface area contributed by atoms with Gasteiger partial charge < -0.3 is 20.1 Å². The molecule has 5 heteroatoms. The first kappa shape index (κ1) is 14.7. The fourth-order valence-electron chi connectivity index (χ4n) is 2.26. The summed E-state index contributed by atoms with van der Waals surface area (Å²) in [7, 11) is 0. The van der Waals surface area contributed by atoms with E-state index < -0.39 is 0 Å². The van der Waals surface area contributed by atoms with Gasteiger partial charge in [0.25, 0.3) is 5.91 Å². The SMILES string of the molecule is CCOc1cc(CN)ccc1OCC(=O)N1CCCC1. The molecule has 1 aromatic rings. The van der Waals surface area contributed by atoms with Crippen molar-refractivity contribution in [1.82, 2.24) is 4.90 Å². The summed E-state index contributed by atoms with van der Waals surface area (Å²) in [5.74, 6) is 1.27. The molecule has 1 amide bonds. The molecule has 0 atom stereocenters. The fourth-order valence-corrected chi connectivity index (χ4v) is 2.26. The highest BCUT2D eigenvalue weighted by Crippen LogP contribution is 2.28. The van der Waals surface area contributed by atoms with Crippen LogP contribution in [0.15, 0.2) is 18.2 Å². The van der Waals surface area contributed by atoms with E-state index in [1.54, 1.807) is 0 Å². The number of amides is 1. The molecule has 0 aliphatic carbocycles. The summed E-state index contributed by atoms with van der Waals surface area (Å²) in [5.41, 5.74) is 6.59. The van der Waals surface area contributed by atoms with Crippen molar-refractivity contribution in [1.29, 1.82) is 0 Å². The van der Waals surface area contributed by atoms with Gasteiger partial charge in [-0.1, -0.05) is 6.07 Å². The van der Waals surface area contributed by atoms with Gasteiger partial charge in [-0.25, -0.2) is 0 Å². The molecule has 1 aliphatic rings. The van der Waals surface area contributed by atoms with Gasteiger partial charge in [0.05, 0.1) is 6.61 Å². The Bertz CT molecular complexity index is 456. The van der Waals surface area contributed by atoms with E-state index in [1.165, 1.54) is 0 Å². The van der Waals surface area contributed by atoms with E-state index in [1.807, 2.05) is 30.0 Å². The number of likely N-dealkylation sites (tertiary alicyclic amines) is 1. The number of nitrogens with two attached hydrogens (primary N) is 1. The number of rotatable bonds is 6. The summed E-state index contributed by atoms with van der Waals surface area (Å²) in [5, 5.41) is 0. The first-order valence-corrected chi connectivity index (χ1v) is 7.11. The minimum absolute atomic E-state index is 0.0350. The number of ether oxygens (including phenoxy) is 2. The molecule has 20 heavy (non-hydrogen) atoms. The quantitative estimate of drug-likeness (QED) is 0.857. The normalized spacial score (nSPS) is 14.4. The van der Waals surface area contributed by atoms with Gasteiger partial charge in [0.15, 0.2) is 18.1 Å². The molecule has 0 bridgehead atoms. The zero-order valence-corrected chi connectivity index (χ0v) is 11.9. The van der Waals surface area contributed by atoms with Crippen molar-refractivity contribution in [3.8, 4) is 11.5 Å². The number of benzene rings is 1. The minimum atomic E-state index is 0.0350. The third-order valence-electron chi connectivity index (χ3n) is 3.35. The van der Waals surface area contributed by atoms with Crippen molar-refractivity contribution < 1.29 is 14.3 Å². The van der Waals surface area contributed by atoms with Crippen molar-refractivity contribution in [3.05, 3.63) is 23.8 Å². The molecule has 1 heterocycles. The average molecular weight is 278 g/mol.